The Balaban J connectivity index is 2.07. The van der Waals surface area contributed by atoms with E-state index in [1.165, 1.54) is 25.1 Å². The van der Waals surface area contributed by atoms with Crippen LogP contribution in [0.3, 0.4) is 0 Å². The number of nitrogens with one attached hydrogen (secondary N) is 1. The molecule has 0 aliphatic carbocycles. The van der Waals surface area contributed by atoms with Crippen molar-refractivity contribution in [3.8, 4) is 0 Å². The van der Waals surface area contributed by atoms with Gasteiger partial charge in [0, 0.05) is 19.1 Å². The first kappa shape index (κ1) is 17.9. The van der Waals surface area contributed by atoms with E-state index in [1.54, 1.807) is 0 Å². The largest absolute Gasteiger partial charge is 0.480 e. The lowest BCUT2D eigenvalue weighted by Crippen LogP contribution is -2.42. The molecule has 9 heteroatoms. The summed E-state index contributed by atoms with van der Waals surface area (Å²) < 4.78 is 13.8. The molecular weight excluding hydrogens is 339 g/mol. The zero-order chi connectivity index (χ0) is 17.9. The second kappa shape index (κ2) is 7.43. The monoisotopic (exact) mass is 354 g/mol. The van der Waals surface area contributed by atoms with Crippen molar-refractivity contribution in [3.05, 3.63) is 30.1 Å². The van der Waals surface area contributed by atoms with E-state index in [0.29, 0.717) is 0 Å². The highest BCUT2D eigenvalue weighted by Gasteiger charge is 2.41. The highest BCUT2D eigenvalue weighted by molar-refractivity contribution is 8.00. The van der Waals surface area contributed by atoms with Gasteiger partial charge in [0.2, 0.25) is 17.7 Å². The van der Waals surface area contributed by atoms with Crippen molar-refractivity contribution in [1.29, 1.82) is 0 Å². The fraction of sp³-hybridized carbons (Fsp3) is 0.333. The smallest absolute Gasteiger partial charge is 0.327 e. The second-order valence-corrected chi connectivity index (χ2v) is 6.37. The van der Waals surface area contributed by atoms with E-state index in [-0.39, 0.29) is 17.9 Å². The third kappa shape index (κ3) is 3.91. The molecule has 1 fully saturated rings. The number of hydrogen-bond donors (Lipinski definition) is 2. The van der Waals surface area contributed by atoms with Gasteiger partial charge in [0.1, 0.15) is 11.9 Å². The summed E-state index contributed by atoms with van der Waals surface area (Å²) in [4.78, 5) is 47.2. The van der Waals surface area contributed by atoms with E-state index in [2.05, 4.69) is 5.32 Å². The van der Waals surface area contributed by atoms with Gasteiger partial charge in [-0.05, 0) is 12.1 Å². The van der Waals surface area contributed by atoms with Gasteiger partial charge in [-0.25, -0.2) is 14.1 Å². The van der Waals surface area contributed by atoms with Crippen molar-refractivity contribution in [3.63, 3.8) is 0 Å². The number of carbonyl (C=O) groups is 4. The standard InChI is InChI=1S/C15H15FN2O5S/c1-8(19)17-10(15(22)23)7-24-12-6-13(20)18(14(12)21)11-5-3-2-4-9(11)16/h2-5,10,12H,6-7H2,1H3,(H,17,19)(H,22,23)/t10-,12-/m0/s1. The Morgan fingerprint density at radius 1 is 1.42 bits per heavy atom. The fourth-order valence-electron chi connectivity index (χ4n) is 2.25. The topological polar surface area (TPSA) is 104 Å². The molecule has 1 aliphatic heterocycles. The van der Waals surface area contributed by atoms with E-state index in [9.17, 15) is 23.6 Å². The molecule has 1 saturated heterocycles. The average molecular weight is 354 g/mol. The van der Waals surface area contributed by atoms with Crippen LogP contribution in [0.25, 0.3) is 0 Å². The van der Waals surface area contributed by atoms with Crippen LogP contribution in [0.15, 0.2) is 24.3 Å². The number of carboxylic acids is 1. The van der Waals surface area contributed by atoms with E-state index in [4.69, 9.17) is 5.11 Å². The normalized spacial score (nSPS) is 18.6. The first-order valence-corrected chi connectivity index (χ1v) is 8.09. The second-order valence-electron chi connectivity index (χ2n) is 5.14. The summed E-state index contributed by atoms with van der Waals surface area (Å²) in [5, 5.41) is 10.5. The zero-order valence-corrected chi connectivity index (χ0v) is 13.5. The van der Waals surface area contributed by atoms with Crippen molar-refractivity contribution in [2.75, 3.05) is 10.7 Å². The number of hydrogen-bond acceptors (Lipinski definition) is 5. The lowest BCUT2D eigenvalue weighted by Gasteiger charge is -2.17. The molecule has 0 aromatic heterocycles. The molecule has 24 heavy (non-hydrogen) atoms. The predicted octanol–water partition coefficient (Wildman–Crippen LogP) is 0.780. The number of imide groups is 1. The molecule has 0 spiro atoms. The first-order valence-electron chi connectivity index (χ1n) is 7.04. The van der Waals surface area contributed by atoms with Crippen LogP contribution >= 0.6 is 11.8 Å². The van der Waals surface area contributed by atoms with Gasteiger partial charge in [-0.1, -0.05) is 12.1 Å². The number of benzene rings is 1. The third-order valence-electron chi connectivity index (χ3n) is 3.34. The predicted molar refractivity (Wildman–Crippen MR) is 85.0 cm³/mol. The molecule has 2 N–H and O–H groups in total. The Morgan fingerprint density at radius 2 is 2.08 bits per heavy atom. The maximum Gasteiger partial charge on any atom is 0.327 e. The highest BCUT2D eigenvalue weighted by atomic mass is 32.2. The third-order valence-corrected chi connectivity index (χ3v) is 4.63. The first-order chi connectivity index (χ1) is 11.3. The number of halogens is 1. The number of carbonyl (C=O) groups excluding carboxylic acids is 3. The van der Waals surface area contributed by atoms with Gasteiger partial charge in [0.25, 0.3) is 0 Å². The molecule has 128 valence electrons. The molecule has 0 unspecified atom stereocenters. The number of thioether (sulfide) groups is 1. The summed E-state index contributed by atoms with van der Waals surface area (Å²) in [6.45, 7) is 1.19. The van der Waals surface area contributed by atoms with Gasteiger partial charge in [0.05, 0.1) is 10.9 Å². The number of anilines is 1. The van der Waals surface area contributed by atoms with Crippen molar-refractivity contribution < 1.29 is 28.7 Å². The Kier molecular flexibility index (Phi) is 5.55. The van der Waals surface area contributed by atoms with Gasteiger partial charge >= 0.3 is 5.97 Å². The van der Waals surface area contributed by atoms with Gasteiger partial charge in [-0.15, -0.1) is 11.8 Å². The number of amides is 3. The molecule has 0 bridgehead atoms. The molecule has 1 aromatic rings. The van der Waals surface area contributed by atoms with Gasteiger partial charge in [-0.2, -0.15) is 0 Å². The summed E-state index contributed by atoms with van der Waals surface area (Å²) >= 11 is 0.949. The number of nitrogens with zero attached hydrogens (tertiary/aromatic N) is 1. The molecule has 7 nitrogen and oxygen atoms in total. The fourth-order valence-corrected chi connectivity index (χ4v) is 3.41. The highest BCUT2D eigenvalue weighted by Crippen LogP contribution is 2.31. The molecule has 1 heterocycles. The van der Waals surface area contributed by atoms with Crippen LogP contribution in [0.2, 0.25) is 0 Å². The molecule has 3 amide bonds. The maximum absolute atomic E-state index is 13.8. The Labute approximate surface area is 141 Å². The lowest BCUT2D eigenvalue weighted by molar-refractivity contribution is -0.140. The van der Waals surface area contributed by atoms with E-state index in [0.717, 1.165) is 22.7 Å². The summed E-state index contributed by atoms with van der Waals surface area (Å²) in [5.74, 6) is -3.66. The van der Waals surface area contributed by atoms with Gasteiger partial charge in [-0.3, -0.25) is 14.4 Å². The number of carboxylic acid groups (broad SMARTS) is 1. The van der Waals surface area contributed by atoms with E-state index in [1.807, 2.05) is 0 Å². The quantitative estimate of drug-likeness (QED) is 0.732. The molecule has 2 rings (SSSR count). The summed E-state index contributed by atoms with van der Waals surface area (Å²) in [5.41, 5.74) is -0.118. The van der Waals surface area contributed by atoms with Crippen LogP contribution in [0.4, 0.5) is 10.1 Å². The summed E-state index contributed by atoms with van der Waals surface area (Å²) in [6, 6.07) is 4.26. The number of aliphatic carboxylic acids is 1. The van der Waals surface area contributed by atoms with Crippen molar-refractivity contribution in [2.24, 2.45) is 0 Å². The van der Waals surface area contributed by atoms with Crippen LogP contribution < -0.4 is 10.2 Å². The van der Waals surface area contributed by atoms with Crippen LogP contribution in [-0.2, 0) is 19.2 Å². The SMILES string of the molecule is CC(=O)N[C@@H](CS[C@H]1CC(=O)N(c2ccccc2F)C1=O)C(=O)O. The van der Waals surface area contributed by atoms with Crippen molar-refractivity contribution in [1.82, 2.24) is 5.32 Å². The van der Waals surface area contributed by atoms with Crippen LogP contribution in [0.5, 0.6) is 0 Å². The lowest BCUT2D eigenvalue weighted by atomic mass is 10.3. The molecule has 1 aliphatic rings. The van der Waals surface area contributed by atoms with Gasteiger partial charge < -0.3 is 10.4 Å². The van der Waals surface area contributed by atoms with Crippen LogP contribution in [-0.4, -0.2) is 45.8 Å². The average Bonchev–Trinajstić information content (AvgIpc) is 2.78. The Morgan fingerprint density at radius 3 is 2.67 bits per heavy atom. The Bertz CT molecular complexity index is 696. The summed E-state index contributed by atoms with van der Waals surface area (Å²) in [7, 11) is 0. The zero-order valence-electron chi connectivity index (χ0n) is 12.7. The molecular formula is C15H15FN2O5S. The van der Waals surface area contributed by atoms with Crippen LogP contribution in [0, 0.1) is 5.82 Å². The minimum absolute atomic E-state index is 0.0797. The van der Waals surface area contributed by atoms with Gasteiger partial charge in [0.15, 0.2) is 0 Å². The minimum Gasteiger partial charge on any atom is -0.480 e. The Hall–Kier alpha value is -2.42. The summed E-state index contributed by atoms with van der Waals surface area (Å²) in [6.07, 6.45) is -0.149. The van der Waals surface area contributed by atoms with E-state index < -0.39 is 40.8 Å². The molecule has 1 aromatic carbocycles. The molecule has 2 atom stereocenters. The maximum atomic E-state index is 13.8. The minimum atomic E-state index is -1.24. The molecule has 0 radical (unpaired) electrons. The van der Waals surface area contributed by atoms with E-state index >= 15 is 0 Å². The molecule has 0 saturated carbocycles. The number of rotatable bonds is 6. The number of para-hydroxylation sites is 1. The van der Waals surface area contributed by atoms with Crippen molar-refractivity contribution >= 4 is 41.1 Å². The van der Waals surface area contributed by atoms with Crippen molar-refractivity contribution in [2.45, 2.75) is 24.6 Å². The van der Waals surface area contributed by atoms with Crippen LogP contribution in [0.1, 0.15) is 13.3 Å².